The second kappa shape index (κ2) is 5.98. The van der Waals surface area contributed by atoms with Crippen LogP contribution in [0.15, 0.2) is 23.1 Å². The molecule has 1 fully saturated rings. The molecule has 2 amide bonds. The van der Waals surface area contributed by atoms with Gasteiger partial charge in [-0.3, -0.25) is 19.4 Å². The number of hydrogen-bond donors (Lipinski definition) is 0. The highest BCUT2D eigenvalue weighted by molar-refractivity contribution is 7.89. The molecule has 0 aliphatic carbocycles. The summed E-state index contributed by atoms with van der Waals surface area (Å²) in [5.74, 6) is -0.921. The van der Waals surface area contributed by atoms with E-state index >= 15 is 0 Å². The maximum absolute atomic E-state index is 12.8. The van der Waals surface area contributed by atoms with Crippen molar-refractivity contribution < 1.29 is 18.0 Å². The number of fused-ring (bicyclic) bond motifs is 1. The topological polar surface area (TPSA) is 102 Å². The van der Waals surface area contributed by atoms with Crippen LogP contribution in [-0.2, 0) is 10.0 Å². The van der Waals surface area contributed by atoms with Crippen LogP contribution in [0.2, 0.25) is 0 Å². The molecular formula is C15H16N4O4S. The Balaban J connectivity index is 1.86. The standard InChI is InChI=1S/C15H16N4O4S/c1-17-14(20)12-3-2-11(10-13(12)15(17)21)24(22,23)19-8-6-18(5-4-16)7-9-19/h2-3,10H,5-9H2,1H3. The molecule has 1 aromatic rings. The number of piperazine rings is 1. The van der Waals surface area contributed by atoms with E-state index in [1.807, 2.05) is 11.0 Å². The van der Waals surface area contributed by atoms with Crippen molar-refractivity contribution in [3.8, 4) is 6.07 Å². The molecule has 1 aromatic carbocycles. The molecule has 2 aliphatic heterocycles. The summed E-state index contributed by atoms with van der Waals surface area (Å²) in [5, 5.41) is 8.69. The molecule has 126 valence electrons. The predicted molar refractivity (Wildman–Crippen MR) is 83.7 cm³/mol. The highest BCUT2D eigenvalue weighted by Gasteiger charge is 2.35. The van der Waals surface area contributed by atoms with Crippen LogP contribution in [0.4, 0.5) is 0 Å². The van der Waals surface area contributed by atoms with Crippen molar-refractivity contribution in [2.75, 3.05) is 39.8 Å². The van der Waals surface area contributed by atoms with E-state index in [1.54, 1.807) is 0 Å². The molecule has 0 aromatic heterocycles. The largest absolute Gasteiger partial charge is 0.288 e. The minimum absolute atomic E-state index is 0.00596. The molecule has 0 unspecified atom stereocenters. The monoisotopic (exact) mass is 348 g/mol. The third kappa shape index (κ3) is 2.58. The number of benzene rings is 1. The molecule has 9 heteroatoms. The number of amides is 2. The van der Waals surface area contributed by atoms with Crippen LogP contribution in [0.3, 0.4) is 0 Å². The van der Waals surface area contributed by atoms with Crippen LogP contribution in [0, 0.1) is 11.3 Å². The molecule has 2 aliphatic rings. The van der Waals surface area contributed by atoms with Crippen LogP contribution in [0.5, 0.6) is 0 Å². The van der Waals surface area contributed by atoms with Gasteiger partial charge < -0.3 is 0 Å². The van der Waals surface area contributed by atoms with Gasteiger partial charge in [0.1, 0.15) is 0 Å². The Labute approximate surface area is 139 Å². The highest BCUT2D eigenvalue weighted by atomic mass is 32.2. The van der Waals surface area contributed by atoms with E-state index in [9.17, 15) is 18.0 Å². The second-order valence-electron chi connectivity index (χ2n) is 5.72. The second-order valence-corrected chi connectivity index (χ2v) is 7.65. The van der Waals surface area contributed by atoms with E-state index in [0.29, 0.717) is 13.1 Å². The molecule has 0 bridgehead atoms. The minimum atomic E-state index is -3.74. The molecule has 0 atom stereocenters. The maximum Gasteiger partial charge on any atom is 0.261 e. The van der Waals surface area contributed by atoms with Crippen LogP contribution >= 0.6 is 0 Å². The van der Waals surface area contributed by atoms with E-state index in [2.05, 4.69) is 0 Å². The first-order chi connectivity index (χ1) is 11.4. The molecule has 3 rings (SSSR count). The van der Waals surface area contributed by atoms with Crippen molar-refractivity contribution in [2.45, 2.75) is 4.90 Å². The van der Waals surface area contributed by atoms with Gasteiger partial charge in [0.15, 0.2) is 0 Å². The molecular weight excluding hydrogens is 332 g/mol. The average Bonchev–Trinajstić information content (AvgIpc) is 2.80. The lowest BCUT2D eigenvalue weighted by atomic mass is 10.1. The molecule has 1 saturated heterocycles. The van der Waals surface area contributed by atoms with Gasteiger partial charge in [-0.15, -0.1) is 0 Å². The first kappa shape index (κ1) is 16.6. The summed E-state index contributed by atoms with van der Waals surface area (Å²) >= 11 is 0. The molecule has 0 spiro atoms. The van der Waals surface area contributed by atoms with E-state index < -0.39 is 21.8 Å². The number of carbonyl (C=O) groups is 2. The SMILES string of the molecule is CN1C(=O)c2ccc(S(=O)(=O)N3CCN(CC#N)CC3)cc2C1=O. The highest BCUT2D eigenvalue weighted by Crippen LogP contribution is 2.26. The normalized spacial score (nSPS) is 19.4. The van der Waals surface area contributed by atoms with Crippen molar-refractivity contribution in [3.63, 3.8) is 0 Å². The number of sulfonamides is 1. The number of nitriles is 1. The van der Waals surface area contributed by atoms with Gasteiger partial charge >= 0.3 is 0 Å². The minimum Gasteiger partial charge on any atom is -0.288 e. The van der Waals surface area contributed by atoms with E-state index in [4.69, 9.17) is 5.26 Å². The van der Waals surface area contributed by atoms with Gasteiger partial charge in [-0.05, 0) is 18.2 Å². The van der Waals surface area contributed by atoms with Gasteiger partial charge in [0, 0.05) is 33.2 Å². The van der Waals surface area contributed by atoms with Crippen molar-refractivity contribution in [3.05, 3.63) is 29.3 Å². The van der Waals surface area contributed by atoms with Gasteiger partial charge in [0.2, 0.25) is 10.0 Å². The predicted octanol–water partition coefficient (Wildman–Crippen LogP) is -0.258. The van der Waals surface area contributed by atoms with Crippen LogP contribution in [0.1, 0.15) is 20.7 Å². The first-order valence-electron chi connectivity index (χ1n) is 7.42. The quantitative estimate of drug-likeness (QED) is 0.551. The van der Waals surface area contributed by atoms with E-state index in [-0.39, 0.29) is 35.7 Å². The zero-order valence-corrected chi connectivity index (χ0v) is 13.9. The summed E-state index contributed by atoms with van der Waals surface area (Å²) < 4.78 is 26.8. The average molecular weight is 348 g/mol. The van der Waals surface area contributed by atoms with Crippen molar-refractivity contribution in [1.82, 2.24) is 14.1 Å². The van der Waals surface area contributed by atoms with E-state index in [1.165, 1.54) is 29.6 Å². The smallest absolute Gasteiger partial charge is 0.261 e. The summed E-state index contributed by atoms with van der Waals surface area (Å²) in [4.78, 5) is 26.8. The number of imide groups is 1. The molecule has 0 N–H and O–H groups in total. The van der Waals surface area contributed by atoms with Crippen molar-refractivity contribution in [1.29, 1.82) is 5.26 Å². The summed E-state index contributed by atoms with van der Waals surface area (Å²) in [6.07, 6.45) is 0. The summed E-state index contributed by atoms with van der Waals surface area (Å²) in [7, 11) is -2.37. The zero-order chi connectivity index (χ0) is 17.5. The Bertz CT molecular complexity index is 851. The number of carbonyl (C=O) groups excluding carboxylic acids is 2. The lowest BCUT2D eigenvalue weighted by Gasteiger charge is -2.32. The van der Waals surface area contributed by atoms with Gasteiger partial charge in [-0.1, -0.05) is 0 Å². The molecule has 2 heterocycles. The third-order valence-electron chi connectivity index (χ3n) is 4.32. The fourth-order valence-electron chi connectivity index (χ4n) is 2.88. The van der Waals surface area contributed by atoms with Gasteiger partial charge in [0.25, 0.3) is 11.8 Å². The Hall–Kier alpha value is -2.28. The lowest BCUT2D eigenvalue weighted by Crippen LogP contribution is -2.48. The van der Waals surface area contributed by atoms with Gasteiger partial charge in [-0.25, -0.2) is 8.42 Å². The summed E-state index contributed by atoms with van der Waals surface area (Å²) in [5.41, 5.74) is 0.340. The molecule has 8 nitrogen and oxygen atoms in total. The fraction of sp³-hybridized carbons (Fsp3) is 0.400. The summed E-state index contributed by atoms with van der Waals surface area (Å²) in [6.45, 7) is 1.81. The zero-order valence-electron chi connectivity index (χ0n) is 13.1. The molecule has 0 radical (unpaired) electrons. The Morgan fingerprint density at radius 2 is 1.71 bits per heavy atom. The van der Waals surface area contributed by atoms with Crippen molar-refractivity contribution >= 4 is 21.8 Å². The Morgan fingerprint density at radius 3 is 2.33 bits per heavy atom. The van der Waals surface area contributed by atoms with E-state index in [0.717, 1.165) is 4.90 Å². The fourth-order valence-corrected chi connectivity index (χ4v) is 4.33. The summed E-state index contributed by atoms with van der Waals surface area (Å²) in [6, 6.07) is 6.07. The lowest BCUT2D eigenvalue weighted by molar-refractivity contribution is 0.0693. The number of nitrogens with zero attached hydrogens (tertiary/aromatic N) is 4. The van der Waals surface area contributed by atoms with Crippen LogP contribution in [-0.4, -0.2) is 74.1 Å². The van der Waals surface area contributed by atoms with Crippen LogP contribution in [0.25, 0.3) is 0 Å². The Kier molecular flexibility index (Phi) is 4.13. The Morgan fingerprint density at radius 1 is 1.08 bits per heavy atom. The number of rotatable bonds is 3. The molecule has 0 saturated carbocycles. The van der Waals surface area contributed by atoms with Crippen molar-refractivity contribution in [2.24, 2.45) is 0 Å². The van der Waals surface area contributed by atoms with Crippen LogP contribution < -0.4 is 0 Å². The third-order valence-corrected chi connectivity index (χ3v) is 6.22. The first-order valence-corrected chi connectivity index (χ1v) is 8.86. The molecule has 24 heavy (non-hydrogen) atoms. The van der Waals surface area contributed by atoms with Gasteiger partial charge in [-0.2, -0.15) is 9.57 Å². The maximum atomic E-state index is 12.8. The van der Waals surface area contributed by atoms with Gasteiger partial charge in [0.05, 0.1) is 28.6 Å². The number of hydrogen-bond acceptors (Lipinski definition) is 6.